The van der Waals surface area contributed by atoms with Gasteiger partial charge in [0.25, 0.3) is 0 Å². The molecule has 0 radical (unpaired) electrons. The predicted octanol–water partition coefficient (Wildman–Crippen LogP) is 4.52. The van der Waals surface area contributed by atoms with Crippen LogP contribution in [0.4, 0.5) is 5.69 Å². The standard InChI is InChI=1S/C23H26N2O/c1-26-23-13-9-21(10-14-23)18-25(17-20-5-3-2-4-6-20)16-15-19-7-11-22(24)12-8-19/h2-14H,15-18,24H2,1H3. The van der Waals surface area contributed by atoms with Crippen LogP contribution in [0.3, 0.4) is 0 Å². The Kier molecular flexibility index (Phi) is 6.29. The van der Waals surface area contributed by atoms with Crippen molar-refractivity contribution in [2.24, 2.45) is 0 Å². The van der Waals surface area contributed by atoms with E-state index in [1.807, 2.05) is 24.3 Å². The lowest BCUT2D eigenvalue weighted by Crippen LogP contribution is -2.25. The summed E-state index contributed by atoms with van der Waals surface area (Å²) in [6, 6.07) is 27.1. The zero-order chi connectivity index (χ0) is 18.2. The van der Waals surface area contributed by atoms with E-state index in [4.69, 9.17) is 10.5 Å². The van der Waals surface area contributed by atoms with E-state index in [2.05, 4.69) is 59.5 Å². The second-order valence-corrected chi connectivity index (χ2v) is 6.54. The molecule has 3 aromatic rings. The number of nitrogen functional groups attached to an aromatic ring is 1. The van der Waals surface area contributed by atoms with Crippen LogP contribution in [0.2, 0.25) is 0 Å². The number of hydrogen-bond acceptors (Lipinski definition) is 3. The minimum absolute atomic E-state index is 0.813. The molecule has 0 saturated carbocycles. The molecule has 134 valence electrons. The van der Waals surface area contributed by atoms with Gasteiger partial charge in [0, 0.05) is 25.3 Å². The molecule has 0 aliphatic rings. The monoisotopic (exact) mass is 346 g/mol. The van der Waals surface area contributed by atoms with Crippen LogP contribution < -0.4 is 10.5 Å². The van der Waals surface area contributed by atoms with Gasteiger partial charge >= 0.3 is 0 Å². The second-order valence-electron chi connectivity index (χ2n) is 6.54. The van der Waals surface area contributed by atoms with E-state index in [9.17, 15) is 0 Å². The van der Waals surface area contributed by atoms with Crippen LogP contribution in [0.15, 0.2) is 78.9 Å². The van der Waals surface area contributed by atoms with Crippen molar-refractivity contribution < 1.29 is 4.74 Å². The van der Waals surface area contributed by atoms with Gasteiger partial charge in [0.2, 0.25) is 0 Å². The number of nitrogens with two attached hydrogens (primary N) is 1. The molecule has 0 aliphatic heterocycles. The van der Waals surface area contributed by atoms with E-state index in [0.29, 0.717) is 0 Å². The number of hydrogen-bond donors (Lipinski definition) is 1. The van der Waals surface area contributed by atoms with Crippen LogP contribution in [0.25, 0.3) is 0 Å². The zero-order valence-corrected chi connectivity index (χ0v) is 15.3. The highest BCUT2D eigenvalue weighted by atomic mass is 16.5. The molecule has 3 nitrogen and oxygen atoms in total. The van der Waals surface area contributed by atoms with E-state index in [1.165, 1.54) is 16.7 Å². The molecule has 0 amide bonds. The number of rotatable bonds is 8. The minimum Gasteiger partial charge on any atom is -0.497 e. The Hall–Kier alpha value is -2.78. The molecule has 3 rings (SSSR count). The molecule has 0 bridgehead atoms. The van der Waals surface area contributed by atoms with E-state index in [-0.39, 0.29) is 0 Å². The molecule has 3 aromatic carbocycles. The average Bonchev–Trinajstić information content (AvgIpc) is 2.69. The lowest BCUT2D eigenvalue weighted by atomic mass is 10.1. The van der Waals surface area contributed by atoms with Crippen molar-refractivity contribution in [1.29, 1.82) is 0 Å². The number of anilines is 1. The average molecular weight is 346 g/mol. The van der Waals surface area contributed by atoms with Gasteiger partial charge in [0.15, 0.2) is 0 Å². The van der Waals surface area contributed by atoms with Crippen molar-refractivity contribution >= 4 is 5.69 Å². The van der Waals surface area contributed by atoms with Gasteiger partial charge < -0.3 is 10.5 Å². The highest BCUT2D eigenvalue weighted by Gasteiger charge is 2.08. The normalized spacial score (nSPS) is 10.8. The number of benzene rings is 3. The highest BCUT2D eigenvalue weighted by molar-refractivity contribution is 5.39. The first-order chi connectivity index (χ1) is 12.7. The van der Waals surface area contributed by atoms with Crippen molar-refractivity contribution in [2.75, 3.05) is 19.4 Å². The zero-order valence-electron chi connectivity index (χ0n) is 15.3. The fourth-order valence-corrected chi connectivity index (χ4v) is 3.02. The summed E-state index contributed by atoms with van der Waals surface area (Å²) >= 11 is 0. The lowest BCUT2D eigenvalue weighted by molar-refractivity contribution is 0.260. The van der Waals surface area contributed by atoms with Gasteiger partial charge in [-0.15, -0.1) is 0 Å². The largest absolute Gasteiger partial charge is 0.497 e. The third-order valence-corrected chi connectivity index (χ3v) is 4.51. The Labute approximate surface area is 156 Å². The van der Waals surface area contributed by atoms with Crippen LogP contribution in [-0.2, 0) is 19.5 Å². The molecule has 3 heteroatoms. The van der Waals surface area contributed by atoms with E-state index in [0.717, 1.165) is 37.5 Å². The number of nitrogens with zero attached hydrogens (tertiary/aromatic N) is 1. The van der Waals surface area contributed by atoms with Gasteiger partial charge in [0.1, 0.15) is 5.75 Å². The van der Waals surface area contributed by atoms with E-state index >= 15 is 0 Å². The number of methoxy groups -OCH3 is 1. The first kappa shape index (κ1) is 18.0. The van der Waals surface area contributed by atoms with Crippen molar-refractivity contribution in [3.63, 3.8) is 0 Å². The third kappa shape index (κ3) is 5.36. The third-order valence-electron chi connectivity index (χ3n) is 4.51. The quantitative estimate of drug-likeness (QED) is 0.609. The molecule has 0 heterocycles. The van der Waals surface area contributed by atoms with Gasteiger partial charge in [-0.25, -0.2) is 0 Å². The number of ether oxygens (including phenoxy) is 1. The van der Waals surface area contributed by atoms with E-state index < -0.39 is 0 Å². The first-order valence-corrected chi connectivity index (χ1v) is 8.96. The summed E-state index contributed by atoms with van der Waals surface area (Å²) in [6.45, 7) is 2.83. The molecule has 2 N–H and O–H groups in total. The Morgan fingerprint density at radius 1 is 0.731 bits per heavy atom. The smallest absolute Gasteiger partial charge is 0.118 e. The molecule has 0 atom stereocenters. The highest BCUT2D eigenvalue weighted by Crippen LogP contribution is 2.16. The summed E-state index contributed by atoms with van der Waals surface area (Å²) in [6.07, 6.45) is 1.00. The molecule has 0 fully saturated rings. The van der Waals surface area contributed by atoms with Gasteiger partial charge in [-0.1, -0.05) is 54.6 Å². The summed E-state index contributed by atoms with van der Waals surface area (Å²) < 4.78 is 5.26. The molecular weight excluding hydrogens is 320 g/mol. The maximum atomic E-state index is 5.79. The summed E-state index contributed by atoms with van der Waals surface area (Å²) in [7, 11) is 1.70. The summed E-state index contributed by atoms with van der Waals surface area (Å²) in [5.41, 5.74) is 10.5. The summed E-state index contributed by atoms with van der Waals surface area (Å²) in [4.78, 5) is 2.48. The van der Waals surface area contributed by atoms with Crippen molar-refractivity contribution in [2.45, 2.75) is 19.5 Å². The van der Waals surface area contributed by atoms with Crippen LogP contribution in [-0.4, -0.2) is 18.6 Å². The maximum Gasteiger partial charge on any atom is 0.118 e. The van der Waals surface area contributed by atoms with Gasteiger partial charge in [-0.05, 0) is 47.4 Å². The fraction of sp³-hybridized carbons (Fsp3) is 0.217. The van der Waals surface area contributed by atoms with E-state index in [1.54, 1.807) is 7.11 Å². The van der Waals surface area contributed by atoms with Crippen LogP contribution in [0, 0.1) is 0 Å². The topological polar surface area (TPSA) is 38.5 Å². The summed E-state index contributed by atoms with van der Waals surface area (Å²) in [5, 5.41) is 0. The molecule has 0 aliphatic carbocycles. The Morgan fingerprint density at radius 3 is 1.92 bits per heavy atom. The summed E-state index contributed by atoms with van der Waals surface area (Å²) in [5.74, 6) is 0.894. The van der Waals surface area contributed by atoms with Crippen LogP contribution >= 0.6 is 0 Å². The van der Waals surface area contributed by atoms with Crippen LogP contribution in [0.1, 0.15) is 16.7 Å². The van der Waals surface area contributed by atoms with Crippen LogP contribution in [0.5, 0.6) is 5.75 Å². The second kappa shape index (κ2) is 9.07. The fourth-order valence-electron chi connectivity index (χ4n) is 3.02. The minimum atomic E-state index is 0.813. The molecule has 0 spiro atoms. The van der Waals surface area contributed by atoms with Crippen molar-refractivity contribution in [1.82, 2.24) is 4.90 Å². The maximum absolute atomic E-state index is 5.79. The first-order valence-electron chi connectivity index (χ1n) is 8.96. The Bertz CT molecular complexity index is 783. The lowest BCUT2D eigenvalue weighted by Gasteiger charge is -2.23. The van der Waals surface area contributed by atoms with Gasteiger partial charge in [0.05, 0.1) is 7.11 Å². The Balaban J connectivity index is 1.68. The molecular formula is C23H26N2O. The Morgan fingerprint density at radius 2 is 1.31 bits per heavy atom. The molecule has 0 unspecified atom stereocenters. The van der Waals surface area contributed by atoms with Crippen molar-refractivity contribution in [3.8, 4) is 5.75 Å². The predicted molar refractivity (Wildman–Crippen MR) is 108 cm³/mol. The van der Waals surface area contributed by atoms with Crippen molar-refractivity contribution in [3.05, 3.63) is 95.6 Å². The van der Waals surface area contributed by atoms with Gasteiger partial charge in [-0.3, -0.25) is 4.90 Å². The molecule has 0 aromatic heterocycles. The van der Waals surface area contributed by atoms with Gasteiger partial charge in [-0.2, -0.15) is 0 Å². The SMILES string of the molecule is COc1ccc(CN(CCc2ccc(N)cc2)Cc2ccccc2)cc1. The molecule has 0 saturated heterocycles. The molecule has 26 heavy (non-hydrogen) atoms.